The number of carbonyl (C=O) groups excluding carboxylic acids is 4. The average Bonchev–Trinajstić information content (AvgIpc) is 3.41. The van der Waals surface area contributed by atoms with E-state index in [1.165, 1.54) is 26.6 Å². The Bertz CT molecular complexity index is 1290. The van der Waals surface area contributed by atoms with Gasteiger partial charge in [-0.15, -0.1) is 0 Å². The quantitative estimate of drug-likeness (QED) is 0.264. The molecule has 10 nitrogen and oxygen atoms in total. The van der Waals surface area contributed by atoms with E-state index in [-0.39, 0.29) is 0 Å². The summed E-state index contributed by atoms with van der Waals surface area (Å²) in [5.74, 6) is -2.06. The third-order valence-electron chi connectivity index (χ3n) is 5.06. The number of H-pyrrole nitrogens is 2. The first-order valence-corrected chi connectivity index (χ1v) is 9.88. The number of ether oxygens (including phenoxy) is 2. The van der Waals surface area contributed by atoms with E-state index in [0.717, 1.165) is 0 Å². The lowest BCUT2D eigenvalue weighted by Gasteiger charge is -2.08. The predicted octanol–water partition coefficient (Wildman–Crippen LogP) is 3.19. The molecule has 0 unspecified atom stereocenters. The molecular weight excluding hydrogens is 428 g/mol. The van der Waals surface area contributed by atoms with Gasteiger partial charge in [0.1, 0.15) is 6.42 Å². The van der Waals surface area contributed by atoms with Crippen molar-refractivity contribution in [2.45, 2.75) is 6.42 Å². The van der Waals surface area contributed by atoms with Crippen molar-refractivity contribution in [1.29, 1.82) is 0 Å². The van der Waals surface area contributed by atoms with Crippen LogP contribution in [0.1, 0.15) is 27.1 Å². The van der Waals surface area contributed by atoms with Gasteiger partial charge in [-0.05, 0) is 36.4 Å². The molecule has 10 heteroatoms. The van der Waals surface area contributed by atoms with Crippen molar-refractivity contribution >= 4 is 56.9 Å². The molecule has 4 aromatic rings. The fraction of sp³-hybridized carbons (Fsp3) is 0.130. The van der Waals surface area contributed by atoms with Crippen molar-refractivity contribution in [3.63, 3.8) is 0 Å². The van der Waals surface area contributed by atoms with Gasteiger partial charge in [0.15, 0.2) is 0 Å². The SMILES string of the molecule is COC(=O)c1c[nH]c2ccc(NC(=O)CC(=O)Nc3ccc4[nH]cc(C(=O)OC)c4c3)cc12. The molecule has 4 rings (SSSR count). The molecule has 2 aromatic heterocycles. The molecule has 0 aliphatic rings. The van der Waals surface area contributed by atoms with Gasteiger partial charge in [-0.3, -0.25) is 9.59 Å². The van der Waals surface area contributed by atoms with Crippen molar-refractivity contribution in [1.82, 2.24) is 9.97 Å². The van der Waals surface area contributed by atoms with Crippen LogP contribution in [0.3, 0.4) is 0 Å². The van der Waals surface area contributed by atoms with Gasteiger partial charge in [0.05, 0.1) is 25.3 Å². The summed E-state index contributed by atoms with van der Waals surface area (Å²) < 4.78 is 9.51. The van der Waals surface area contributed by atoms with Crippen LogP contribution in [-0.4, -0.2) is 47.9 Å². The monoisotopic (exact) mass is 448 g/mol. The van der Waals surface area contributed by atoms with Crippen molar-refractivity contribution in [2.75, 3.05) is 24.9 Å². The minimum absolute atomic E-state index is 0.341. The summed E-state index contributed by atoms with van der Waals surface area (Å²) in [6.45, 7) is 0. The minimum atomic E-state index is -0.528. The normalized spacial score (nSPS) is 10.7. The zero-order valence-corrected chi connectivity index (χ0v) is 17.8. The first kappa shape index (κ1) is 21.6. The average molecular weight is 448 g/mol. The first-order valence-electron chi connectivity index (χ1n) is 9.88. The number of fused-ring (bicyclic) bond motifs is 2. The summed E-state index contributed by atoms with van der Waals surface area (Å²) in [5.41, 5.74) is 2.96. The number of anilines is 2. The van der Waals surface area contributed by atoms with E-state index in [1.807, 2.05) is 0 Å². The van der Waals surface area contributed by atoms with Crippen molar-refractivity contribution in [3.05, 3.63) is 59.9 Å². The Morgan fingerprint density at radius 2 is 1.15 bits per heavy atom. The first-order chi connectivity index (χ1) is 15.9. The maximum atomic E-state index is 12.4. The van der Waals surface area contributed by atoms with Gasteiger partial charge in [-0.25, -0.2) is 9.59 Å². The van der Waals surface area contributed by atoms with Crippen LogP contribution < -0.4 is 10.6 Å². The number of rotatable bonds is 6. The largest absolute Gasteiger partial charge is 0.465 e. The summed E-state index contributed by atoms with van der Waals surface area (Å²) in [6.07, 6.45) is 2.63. The highest BCUT2D eigenvalue weighted by molar-refractivity contribution is 6.11. The van der Waals surface area contributed by atoms with Crippen LogP contribution in [0.25, 0.3) is 21.8 Å². The van der Waals surface area contributed by atoms with Crippen LogP contribution in [0.5, 0.6) is 0 Å². The fourth-order valence-electron chi connectivity index (χ4n) is 3.51. The second-order valence-corrected chi connectivity index (χ2v) is 7.18. The molecule has 0 radical (unpaired) electrons. The number of carbonyl (C=O) groups is 4. The number of methoxy groups -OCH3 is 2. The van der Waals surface area contributed by atoms with E-state index >= 15 is 0 Å². The molecular formula is C23H20N4O6. The third kappa shape index (κ3) is 4.40. The van der Waals surface area contributed by atoms with E-state index in [1.54, 1.807) is 36.4 Å². The number of aromatic amines is 2. The topological polar surface area (TPSA) is 142 Å². The number of benzene rings is 2. The van der Waals surface area contributed by atoms with Crippen LogP contribution in [-0.2, 0) is 19.1 Å². The van der Waals surface area contributed by atoms with Crippen molar-refractivity contribution in [3.8, 4) is 0 Å². The van der Waals surface area contributed by atoms with Crippen LogP contribution in [0.4, 0.5) is 11.4 Å². The van der Waals surface area contributed by atoms with Crippen LogP contribution in [0, 0.1) is 0 Å². The van der Waals surface area contributed by atoms with E-state index in [0.29, 0.717) is 44.3 Å². The Morgan fingerprint density at radius 1 is 0.727 bits per heavy atom. The van der Waals surface area contributed by atoms with Crippen LogP contribution in [0.15, 0.2) is 48.8 Å². The number of amides is 2. The molecule has 0 saturated heterocycles. The second-order valence-electron chi connectivity index (χ2n) is 7.18. The predicted molar refractivity (Wildman–Crippen MR) is 121 cm³/mol. The summed E-state index contributed by atoms with van der Waals surface area (Å²) >= 11 is 0. The molecule has 0 aliphatic carbocycles. The maximum absolute atomic E-state index is 12.4. The highest BCUT2D eigenvalue weighted by Crippen LogP contribution is 2.24. The lowest BCUT2D eigenvalue weighted by Crippen LogP contribution is -2.21. The van der Waals surface area contributed by atoms with Gasteiger partial charge < -0.3 is 30.1 Å². The van der Waals surface area contributed by atoms with Crippen molar-refractivity contribution in [2.24, 2.45) is 0 Å². The van der Waals surface area contributed by atoms with E-state index in [2.05, 4.69) is 20.6 Å². The summed E-state index contributed by atoms with van der Waals surface area (Å²) in [6, 6.07) is 9.99. The molecule has 168 valence electrons. The molecule has 2 aromatic carbocycles. The van der Waals surface area contributed by atoms with Crippen LogP contribution >= 0.6 is 0 Å². The molecule has 0 aliphatic heterocycles. The number of nitrogens with one attached hydrogen (secondary N) is 4. The van der Waals surface area contributed by atoms with Gasteiger partial charge in [0.25, 0.3) is 0 Å². The van der Waals surface area contributed by atoms with Gasteiger partial charge >= 0.3 is 11.9 Å². The highest BCUT2D eigenvalue weighted by atomic mass is 16.5. The van der Waals surface area contributed by atoms with E-state index in [4.69, 9.17) is 9.47 Å². The standard InChI is InChI=1S/C23H20N4O6/c1-32-22(30)16-10-24-18-5-3-12(7-14(16)18)26-20(28)9-21(29)27-13-4-6-19-15(8-13)17(11-25-19)23(31)33-2/h3-8,10-11,24-25H,9H2,1-2H3,(H,26,28)(H,27,29). The summed E-state index contributed by atoms with van der Waals surface area (Å²) in [4.78, 5) is 54.4. The number of esters is 2. The number of hydrogen-bond acceptors (Lipinski definition) is 6. The Hall–Kier alpha value is -4.60. The maximum Gasteiger partial charge on any atom is 0.340 e. The summed E-state index contributed by atoms with van der Waals surface area (Å²) in [7, 11) is 2.57. The van der Waals surface area contributed by atoms with Crippen LogP contribution in [0.2, 0.25) is 0 Å². The zero-order valence-electron chi connectivity index (χ0n) is 17.8. The van der Waals surface area contributed by atoms with E-state index < -0.39 is 30.2 Å². The summed E-state index contributed by atoms with van der Waals surface area (Å²) in [5, 5.41) is 6.48. The lowest BCUT2D eigenvalue weighted by molar-refractivity contribution is -0.123. The lowest BCUT2D eigenvalue weighted by atomic mass is 10.1. The molecule has 0 bridgehead atoms. The molecule has 4 N–H and O–H groups in total. The van der Waals surface area contributed by atoms with Crippen molar-refractivity contribution < 1.29 is 28.7 Å². The number of aromatic nitrogens is 2. The highest BCUT2D eigenvalue weighted by Gasteiger charge is 2.16. The van der Waals surface area contributed by atoms with Gasteiger partial charge in [0, 0.05) is 45.6 Å². The molecule has 2 heterocycles. The van der Waals surface area contributed by atoms with E-state index in [9.17, 15) is 19.2 Å². The molecule has 0 spiro atoms. The molecule has 2 amide bonds. The Balaban J connectivity index is 1.43. The van der Waals surface area contributed by atoms with Gasteiger partial charge in [-0.2, -0.15) is 0 Å². The minimum Gasteiger partial charge on any atom is -0.465 e. The Labute approximate surface area is 187 Å². The molecule has 33 heavy (non-hydrogen) atoms. The zero-order chi connectivity index (χ0) is 23.5. The third-order valence-corrected chi connectivity index (χ3v) is 5.06. The van der Waals surface area contributed by atoms with Gasteiger partial charge in [-0.1, -0.05) is 0 Å². The molecule has 0 saturated carbocycles. The Kier molecular flexibility index (Phi) is 5.81. The smallest absolute Gasteiger partial charge is 0.340 e. The Morgan fingerprint density at radius 3 is 1.55 bits per heavy atom. The second kappa shape index (κ2) is 8.87. The molecule has 0 atom stereocenters. The molecule has 0 fully saturated rings. The fourth-order valence-corrected chi connectivity index (χ4v) is 3.51. The number of hydrogen-bond donors (Lipinski definition) is 4. The van der Waals surface area contributed by atoms with Gasteiger partial charge in [0.2, 0.25) is 11.8 Å².